The van der Waals surface area contributed by atoms with Crippen LogP contribution in [0.4, 0.5) is 4.79 Å². The van der Waals surface area contributed by atoms with Crippen LogP contribution in [-0.2, 0) is 0 Å². The summed E-state index contributed by atoms with van der Waals surface area (Å²) in [4.78, 5) is 14.3. The summed E-state index contributed by atoms with van der Waals surface area (Å²) < 4.78 is 0. The summed E-state index contributed by atoms with van der Waals surface area (Å²) in [5, 5.41) is 8.80. The van der Waals surface area contributed by atoms with Crippen molar-refractivity contribution in [2.24, 2.45) is 0 Å². The number of carboxylic acid groups (broad SMARTS) is 1. The molecule has 1 rings (SSSR count). The fourth-order valence-electron chi connectivity index (χ4n) is 1.70. The zero-order valence-electron chi connectivity index (χ0n) is 7.66. The lowest BCUT2D eigenvalue weighted by molar-refractivity contribution is 0.132. The molecule has 0 aliphatic carbocycles. The Morgan fingerprint density at radius 1 is 1.67 bits per heavy atom. The van der Waals surface area contributed by atoms with E-state index >= 15 is 0 Å². The highest BCUT2D eigenvalue weighted by Gasteiger charge is 2.28. The molecule has 1 N–H and O–H groups in total. The summed E-state index contributed by atoms with van der Waals surface area (Å²) >= 11 is 0. The summed E-state index contributed by atoms with van der Waals surface area (Å²) in [6, 6.07) is 0.206. The first-order chi connectivity index (χ1) is 5.61. The van der Waals surface area contributed by atoms with Crippen molar-refractivity contribution in [3.63, 3.8) is 0 Å². The van der Waals surface area contributed by atoms with Crippen molar-refractivity contribution in [3.05, 3.63) is 0 Å². The van der Waals surface area contributed by atoms with Crippen LogP contribution in [0, 0.1) is 0 Å². The Morgan fingerprint density at radius 2 is 2.33 bits per heavy atom. The second-order valence-corrected chi connectivity index (χ2v) is 3.53. The van der Waals surface area contributed by atoms with Crippen LogP contribution in [0.1, 0.15) is 12.8 Å². The molecular weight excluding hydrogens is 156 g/mol. The van der Waals surface area contributed by atoms with Crippen molar-refractivity contribution in [1.29, 1.82) is 0 Å². The molecule has 0 saturated carbocycles. The van der Waals surface area contributed by atoms with Gasteiger partial charge in [-0.15, -0.1) is 0 Å². The lowest BCUT2D eigenvalue weighted by atomic mass is 10.2. The zero-order chi connectivity index (χ0) is 9.14. The number of nitrogens with zero attached hydrogens (tertiary/aromatic N) is 2. The predicted molar refractivity (Wildman–Crippen MR) is 46.3 cm³/mol. The second kappa shape index (κ2) is 3.76. The van der Waals surface area contributed by atoms with Gasteiger partial charge in [-0.05, 0) is 26.9 Å². The molecule has 0 aromatic heterocycles. The van der Waals surface area contributed by atoms with Crippen molar-refractivity contribution in [1.82, 2.24) is 9.80 Å². The minimum Gasteiger partial charge on any atom is -0.465 e. The number of hydrogen-bond donors (Lipinski definition) is 1. The number of carbonyl (C=O) groups is 1. The Hall–Kier alpha value is -0.770. The van der Waals surface area contributed by atoms with Gasteiger partial charge in [0.15, 0.2) is 0 Å². The third-order valence-electron chi connectivity index (χ3n) is 2.20. The van der Waals surface area contributed by atoms with E-state index < -0.39 is 6.09 Å². The van der Waals surface area contributed by atoms with Gasteiger partial charge in [-0.3, -0.25) is 0 Å². The molecule has 0 bridgehead atoms. The first-order valence-electron chi connectivity index (χ1n) is 4.25. The van der Waals surface area contributed by atoms with Gasteiger partial charge in [-0.1, -0.05) is 0 Å². The van der Waals surface area contributed by atoms with Crippen molar-refractivity contribution >= 4 is 6.09 Å². The highest BCUT2D eigenvalue weighted by Crippen LogP contribution is 2.17. The maximum absolute atomic E-state index is 10.7. The highest BCUT2D eigenvalue weighted by atomic mass is 16.4. The minimum absolute atomic E-state index is 0.206. The van der Waals surface area contributed by atoms with E-state index in [0.29, 0.717) is 6.54 Å². The molecule has 1 heterocycles. The molecule has 4 nitrogen and oxygen atoms in total. The van der Waals surface area contributed by atoms with Crippen LogP contribution >= 0.6 is 0 Å². The molecular formula is C8H16N2O2. The lowest BCUT2D eigenvalue weighted by Gasteiger charge is -2.24. The van der Waals surface area contributed by atoms with Crippen molar-refractivity contribution in [2.75, 3.05) is 27.2 Å². The summed E-state index contributed by atoms with van der Waals surface area (Å²) in [5.74, 6) is 0. The monoisotopic (exact) mass is 172 g/mol. The molecule has 4 heteroatoms. The molecule has 70 valence electrons. The van der Waals surface area contributed by atoms with E-state index in [1.807, 2.05) is 19.0 Å². The van der Waals surface area contributed by atoms with Gasteiger partial charge in [-0.25, -0.2) is 4.79 Å². The largest absolute Gasteiger partial charge is 0.465 e. The second-order valence-electron chi connectivity index (χ2n) is 3.53. The summed E-state index contributed by atoms with van der Waals surface area (Å²) in [5.41, 5.74) is 0. The maximum Gasteiger partial charge on any atom is 0.407 e. The molecule has 1 saturated heterocycles. The standard InChI is InChI=1S/C8H16N2O2/c1-9(2)6-7-4-3-5-10(7)8(11)12/h7H,3-6H2,1-2H3,(H,11,12). The highest BCUT2D eigenvalue weighted by molar-refractivity contribution is 5.65. The number of rotatable bonds is 2. The number of likely N-dealkylation sites (tertiary alicyclic amines) is 1. The first-order valence-corrected chi connectivity index (χ1v) is 4.25. The first kappa shape index (κ1) is 9.32. The smallest absolute Gasteiger partial charge is 0.407 e. The average Bonchev–Trinajstić information content (AvgIpc) is 2.33. The van der Waals surface area contributed by atoms with E-state index in [-0.39, 0.29) is 6.04 Å². The van der Waals surface area contributed by atoms with Gasteiger partial charge in [0.2, 0.25) is 0 Å². The molecule has 1 amide bonds. The summed E-state index contributed by atoms with van der Waals surface area (Å²) in [7, 11) is 3.94. The molecule has 1 fully saturated rings. The molecule has 1 aliphatic heterocycles. The average molecular weight is 172 g/mol. The van der Waals surface area contributed by atoms with Gasteiger partial charge in [0.1, 0.15) is 0 Å². The van der Waals surface area contributed by atoms with Crippen LogP contribution in [0.5, 0.6) is 0 Å². The van der Waals surface area contributed by atoms with Gasteiger partial charge in [0.25, 0.3) is 0 Å². The molecule has 0 spiro atoms. The van der Waals surface area contributed by atoms with Crippen molar-refractivity contribution in [3.8, 4) is 0 Å². The Morgan fingerprint density at radius 3 is 2.83 bits per heavy atom. The third-order valence-corrected chi connectivity index (χ3v) is 2.20. The van der Waals surface area contributed by atoms with Crippen LogP contribution in [-0.4, -0.2) is 54.2 Å². The van der Waals surface area contributed by atoms with Crippen molar-refractivity contribution in [2.45, 2.75) is 18.9 Å². The molecule has 1 unspecified atom stereocenters. The van der Waals surface area contributed by atoms with E-state index in [4.69, 9.17) is 5.11 Å². The molecule has 12 heavy (non-hydrogen) atoms. The van der Waals surface area contributed by atoms with Gasteiger partial charge in [-0.2, -0.15) is 0 Å². The minimum atomic E-state index is -0.778. The third kappa shape index (κ3) is 2.11. The van der Waals surface area contributed by atoms with Crippen LogP contribution in [0.15, 0.2) is 0 Å². The van der Waals surface area contributed by atoms with Crippen LogP contribution < -0.4 is 0 Å². The van der Waals surface area contributed by atoms with E-state index in [1.165, 1.54) is 0 Å². The Balaban J connectivity index is 2.46. The van der Waals surface area contributed by atoms with Crippen molar-refractivity contribution < 1.29 is 9.90 Å². The molecule has 0 radical (unpaired) electrons. The Bertz CT molecular complexity index is 170. The van der Waals surface area contributed by atoms with E-state index in [1.54, 1.807) is 4.90 Å². The van der Waals surface area contributed by atoms with Gasteiger partial charge in [0, 0.05) is 19.1 Å². The fraction of sp³-hybridized carbons (Fsp3) is 0.875. The van der Waals surface area contributed by atoms with E-state index in [0.717, 1.165) is 19.4 Å². The zero-order valence-corrected chi connectivity index (χ0v) is 7.66. The Labute approximate surface area is 72.8 Å². The predicted octanol–water partition coefficient (Wildman–Crippen LogP) is 0.690. The molecule has 0 aromatic rings. The SMILES string of the molecule is CN(C)CC1CCCN1C(=O)O. The van der Waals surface area contributed by atoms with Crippen LogP contribution in [0.3, 0.4) is 0 Å². The van der Waals surface area contributed by atoms with Crippen LogP contribution in [0.25, 0.3) is 0 Å². The Kier molecular flexibility index (Phi) is 2.92. The summed E-state index contributed by atoms with van der Waals surface area (Å²) in [6.07, 6.45) is 1.23. The molecule has 0 aromatic carbocycles. The van der Waals surface area contributed by atoms with E-state index in [9.17, 15) is 4.79 Å². The van der Waals surface area contributed by atoms with Gasteiger partial charge in [0.05, 0.1) is 0 Å². The lowest BCUT2D eigenvalue weighted by Crippen LogP contribution is -2.40. The fourth-order valence-corrected chi connectivity index (χ4v) is 1.70. The number of hydrogen-bond acceptors (Lipinski definition) is 2. The van der Waals surface area contributed by atoms with Gasteiger partial charge >= 0.3 is 6.09 Å². The maximum atomic E-state index is 10.7. The summed E-state index contributed by atoms with van der Waals surface area (Å²) in [6.45, 7) is 1.54. The quantitative estimate of drug-likeness (QED) is 0.666. The van der Waals surface area contributed by atoms with E-state index in [2.05, 4.69) is 0 Å². The normalized spacial score (nSPS) is 23.6. The molecule has 1 atom stereocenters. The number of likely N-dealkylation sites (N-methyl/N-ethyl adjacent to an activating group) is 1. The molecule has 1 aliphatic rings. The number of amides is 1. The topological polar surface area (TPSA) is 43.8 Å². The van der Waals surface area contributed by atoms with Crippen LogP contribution in [0.2, 0.25) is 0 Å². The van der Waals surface area contributed by atoms with Gasteiger partial charge < -0.3 is 14.9 Å².